The van der Waals surface area contributed by atoms with Crippen molar-refractivity contribution in [1.29, 1.82) is 0 Å². The third-order valence-corrected chi connectivity index (χ3v) is 16.6. The highest BCUT2D eigenvalue weighted by molar-refractivity contribution is 14.1. The highest BCUT2D eigenvalue weighted by Crippen LogP contribution is 2.37. The summed E-state index contributed by atoms with van der Waals surface area (Å²) in [5, 5.41) is 27.7. The molecular weight excluding hydrogens is 1140 g/mol. The van der Waals surface area contributed by atoms with Crippen LogP contribution in [0.1, 0.15) is 128 Å². The number of aliphatic hydroxyl groups excluding tert-OH is 2. The van der Waals surface area contributed by atoms with Gasteiger partial charge in [-0.25, -0.2) is 9.59 Å². The average Bonchev–Trinajstić information content (AvgIpc) is 3.57. The van der Waals surface area contributed by atoms with Crippen molar-refractivity contribution < 1.29 is 58.0 Å². The van der Waals surface area contributed by atoms with Gasteiger partial charge in [-0.3, -0.25) is 28.8 Å². The van der Waals surface area contributed by atoms with Crippen LogP contribution in [-0.2, 0) is 38.2 Å². The summed E-state index contributed by atoms with van der Waals surface area (Å²) < 4.78 is 11.0. The molecule has 0 fully saturated rings. The monoisotopic (exact) mass is 1230 g/mol. The van der Waals surface area contributed by atoms with Gasteiger partial charge in [-0.2, -0.15) is 0 Å². The molecule has 1 aromatic rings. The zero-order chi connectivity index (χ0) is 60.9. The number of hydrogen-bond donors (Lipinski definition) is 6. The van der Waals surface area contributed by atoms with Crippen LogP contribution in [0.4, 0.5) is 9.59 Å². The number of hydrogen-bond acceptors (Lipinski definition) is 12. The largest absolute Gasteiger partial charge is 0.441 e. The lowest BCUT2D eigenvalue weighted by atomic mass is 9.78. The molecule has 12 atom stereocenters. The topological polar surface area (TPSA) is 272 Å². The van der Waals surface area contributed by atoms with E-state index in [1.165, 1.54) is 0 Å². The number of ether oxygens (including phenoxy) is 2. The molecule has 4 bridgehead atoms. The van der Waals surface area contributed by atoms with Crippen LogP contribution < -0.4 is 22.1 Å². The van der Waals surface area contributed by atoms with E-state index >= 15 is 0 Å². The SMILES string of the molecule is CC1=C2C[C@@H](C)C[C@H](C)[C@H](O)[C@@H](C)/C=C(\C)[C@H](OC(N)=O)[C@@H](C)/C=C\C=C(/C)C(=O)NC(=C(I)C1=O)C2=O.CC1=C2C[C@@H](C)C[C@H](C)[C@H](O)[C@@H](C)/C=C(\C)[C@H](OC(N)=O)[C@@H](C)/C=C\C=C(/C)C(=O)NC(=C(c3ccccc3)C1=O)C2=O. The smallest absolute Gasteiger partial charge is 0.405 e. The first-order valence-electron chi connectivity index (χ1n) is 27.6. The van der Waals surface area contributed by atoms with Crippen molar-refractivity contribution in [1.82, 2.24) is 10.6 Å². The standard InChI is InChI=1S/C35H44N2O6.C29H39IN2O6/c1-19-16-22(4)30(38)23(5)18-24(6)33(43-35(36)42)20(2)12-11-13-21(3)34(41)37-29-28(26-14-9-8-10-15-26)31(39)25(7)27(17-19)32(29)40;1-14-11-17(4)24(33)18(5)13-19(6)27(38-29(31)37)15(2)9-8-10-16(3)28(36)32-23-22(30)25(34)20(7)21(12-14)26(23)35/h8-15,18-20,22-23,30,33,38H,16-17H2,1-7H3,(H2,36,42)(H,37,41);8-10,13-15,17-18,24,27,33H,11-12H2,1-7H3,(H2,31,37)(H,32,36)/b12-11-,21-13+,24-18+;9-8-,16-10+,19-13+/t19-,20-,22-,23-,30-,33+;14-,15-,17-,18-,24-,27+/m00/s1. The van der Waals surface area contributed by atoms with E-state index in [1.807, 2.05) is 110 Å². The van der Waals surface area contributed by atoms with Crippen molar-refractivity contribution >= 4 is 75.3 Å². The minimum Gasteiger partial charge on any atom is -0.441 e. The molecule has 0 aromatic heterocycles. The Kier molecular flexibility index (Phi) is 24.7. The van der Waals surface area contributed by atoms with Gasteiger partial charge in [-0.1, -0.05) is 134 Å². The Morgan fingerprint density at radius 3 is 1.35 bits per heavy atom. The molecule has 0 spiro atoms. The number of rotatable bonds is 3. The highest BCUT2D eigenvalue weighted by atomic mass is 127. The van der Waals surface area contributed by atoms with Crippen LogP contribution >= 0.6 is 22.6 Å². The number of fused-ring (bicyclic) bond motifs is 4. The minimum atomic E-state index is -0.907. The Bertz CT molecular complexity index is 2950. The molecular formula is C64H83IN4O12. The maximum Gasteiger partial charge on any atom is 0.405 e. The molecule has 16 nitrogen and oxygen atoms in total. The fraction of sp³-hybridized carbons (Fsp3) is 0.469. The highest BCUT2D eigenvalue weighted by Gasteiger charge is 2.37. The van der Waals surface area contributed by atoms with Gasteiger partial charge in [-0.05, 0) is 130 Å². The lowest BCUT2D eigenvalue weighted by molar-refractivity contribution is -0.120. The second-order valence-electron chi connectivity index (χ2n) is 22.7. The van der Waals surface area contributed by atoms with Crippen molar-refractivity contribution in [3.63, 3.8) is 0 Å². The van der Waals surface area contributed by atoms with Crippen LogP contribution in [0.15, 0.2) is 138 Å². The van der Waals surface area contributed by atoms with Crippen LogP contribution in [0.5, 0.6) is 0 Å². The molecule has 81 heavy (non-hydrogen) atoms. The number of benzene rings is 1. The van der Waals surface area contributed by atoms with E-state index in [4.69, 9.17) is 20.9 Å². The van der Waals surface area contributed by atoms with Gasteiger partial charge >= 0.3 is 12.2 Å². The molecule has 0 radical (unpaired) electrons. The summed E-state index contributed by atoms with van der Waals surface area (Å²) in [4.78, 5) is 104. The predicted molar refractivity (Wildman–Crippen MR) is 322 cm³/mol. The van der Waals surface area contributed by atoms with E-state index < -0.39 is 48.4 Å². The Morgan fingerprint density at radius 2 is 0.938 bits per heavy atom. The maximum atomic E-state index is 14.0. The number of allylic oxidation sites excluding steroid dienone is 10. The zero-order valence-electron chi connectivity index (χ0n) is 49.3. The number of nitrogens with one attached hydrogen (secondary N) is 2. The molecule has 2 aliphatic carbocycles. The molecule has 0 saturated carbocycles. The number of aliphatic hydroxyl groups is 2. The van der Waals surface area contributed by atoms with E-state index in [-0.39, 0.29) is 91.0 Å². The summed E-state index contributed by atoms with van der Waals surface area (Å²) in [6.07, 6.45) is 11.2. The molecule has 4 amide bonds. The van der Waals surface area contributed by atoms with Crippen LogP contribution in [0.25, 0.3) is 5.57 Å². The number of ketones is 4. The summed E-state index contributed by atoms with van der Waals surface area (Å²) in [6.45, 7) is 25.6. The molecule has 438 valence electrons. The Balaban J connectivity index is 0.000000351. The first kappa shape index (κ1) is 66.9. The first-order chi connectivity index (χ1) is 37.9. The van der Waals surface area contributed by atoms with Crippen LogP contribution in [0.2, 0.25) is 0 Å². The zero-order valence-corrected chi connectivity index (χ0v) is 51.4. The van der Waals surface area contributed by atoms with Gasteiger partial charge in [0.15, 0.2) is 11.6 Å². The third-order valence-electron chi connectivity index (χ3n) is 15.5. The molecule has 8 N–H and O–H groups in total. The molecule has 5 rings (SSSR count). The fourth-order valence-corrected chi connectivity index (χ4v) is 11.8. The van der Waals surface area contributed by atoms with Gasteiger partial charge in [0.1, 0.15) is 23.6 Å². The van der Waals surface area contributed by atoms with Gasteiger partial charge in [0.05, 0.1) is 21.4 Å². The van der Waals surface area contributed by atoms with Crippen molar-refractivity contribution in [3.05, 3.63) is 144 Å². The Hall–Kier alpha value is -6.57. The lowest BCUT2D eigenvalue weighted by Gasteiger charge is -2.29. The van der Waals surface area contributed by atoms with Gasteiger partial charge in [0.25, 0.3) is 11.8 Å². The number of halogens is 1. The van der Waals surface area contributed by atoms with E-state index in [1.54, 1.807) is 88.4 Å². The third kappa shape index (κ3) is 17.7. The van der Waals surface area contributed by atoms with Gasteiger partial charge < -0.3 is 41.8 Å². The summed E-state index contributed by atoms with van der Waals surface area (Å²) >= 11 is 1.81. The number of carbonyl (C=O) groups excluding carboxylic acids is 8. The van der Waals surface area contributed by atoms with Gasteiger partial charge in [0, 0.05) is 57.1 Å². The van der Waals surface area contributed by atoms with E-state index in [0.717, 1.165) is 11.1 Å². The molecule has 1 aromatic carbocycles. The molecule has 2 aliphatic heterocycles. The van der Waals surface area contributed by atoms with Crippen molar-refractivity contribution in [3.8, 4) is 0 Å². The number of carbonyl (C=O) groups is 8. The molecule has 17 heteroatoms. The number of amides is 4. The van der Waals surface area contributed by atoms with Crippen LogP contribution in [-0.4, -0.2) is 81.8 Å². The normalized spacial score (nSPS) is 32.8. The number of Topliss-reactive ketones (excluding diaryl/α,β-unsaturated/α-hetero) is 4. The first-order valence-corrected chi connectivity index (χ1v) is 28.7. The summed E-state index contributed by atoms with van der Waals surface area (Å²) in [5.41, 5.74) is 15.0. The second-order valence-corrected chi connectivity index (χ2v) is 23.8. The van der Waals surface area contributed by atoms with Crippen molar-refractivity contribution in [2.24, 2.45) is 58.8 Å². The van der Waals surface area contributed by atoms with Gasteiger partial charge in [-0.15, -0.1) is 0 Å². The molecule has 0 unspecified atom stereocenters. The Morgan fingerprint density at radius 1 is 0.556 bits per heavy atom. The molecule has 4 aliphatic rings. The lowest BCUT2D eigenvalue weighted by Crippen LogP contribution is -2.35. The quantitative estimate of drug-likeness (QED) is 0.0937. The number of primary amides is 2. The predicted octanol–water partition coefficient (Wildman–Crippen LogP) is 10.4. The summed E-state index contributed by atoms with van der Waals surface area (Å²) in [5.74, 6) is -3.71. The minimum absolute atomic E-state index is 0.00661. The molecule has 2 heterocycles. The van der Waals surface area contributed by atoms with Gasteiger partial charge in [0.2, 0.25) is 11.6 Å². The maximum absolute atomic E-state index is 14.0. The molecule has 0 saturated heterocycles. The summed E-state index contributed by atoms with van der Waals surface area (Å²) in [6, 6.07) is 8.86. The summed E-state index contributed by atoms with van der Waals surface area (Å²) in [7, 11) is 0. The fourth-order valence-electron chi connectivity index (χ4n) is 11.0. The second kappa shape index (κ2) is 29.9. The van der Waals surface area contributed by atoms with Crippen molar-refractivity contribution in [2.75, 3.05) is 0 Å². The van der Waals surface area contributed by atoms with E-state index in [2.05, 4.69) is 10.6 Å². The van der Waals surface area contributed by atoms with Crippen LogP contribution in [0, 0.1) is 47.3 Å². The van der Waals surface area contributed by atoms with Crippen LogP contribution in [0.3, 0.4) is 0 Å². The number of nitrogens with two attached hydrogens (primary N) is 2. The van der Waals surface area contributed by atoms with Crippen molar-refractivity contribution in [2.45, 2.75) is 147 Å². The Labute approximate surface area is 491 Å². The van der Waals surface area contributed by atoms with E-state index in [0.29, 0.717) is 64.7 Å². The van der Waals surface area contributed by atoms with E-state index in [9.17, 15) is 48.6 Å². The average molecular weight is 1230 g/mol.